The van der Waals surface area contributed by atoms with Crippen molar-refractivity contribution in [2.75, 3.05) is 51.5 Å². The lowest BCUT2D eigenvalue weighted by atomic mass is 9.95. The van der Waals surface area contributed by atoms with E-state index in [9.17, 15) is 18.5 Å². The number of nitriles is 1. The number of carbonyl (C=O) groups excluding carboxylic acids is 1. The molecule has 2 unspecified atom stereocenters. The van der Waals surface area contributed by atoms with Crippen molar-refractivity contribution in [2.45, 2.75) is 201 Å². The zero-order chi connectivity index (χ0) is 101. The molecule has 752 valence electrons. The molecule has 1 saturated carbocycles. The second kappa shape index (κ2) is 52.8. The van der Waals surface area contributed by atoms with Gasteiger partial charge in [-0.15, -0.1) is 57.2 Å². The number of nitrogens with zero attached hydrogens (tertiary/aromatic N) is 19. The first kappa shape index (κ1) is 106. The number of pyridine rings is 1. The number of para-hydroxylation sites is 2. The second-order valence-electron chi connectivity index (χ2n) is 34.5. The van der Waals surface area contributed by atoms with E-state index in [1.54, 1.807) is 57.7 Å². The minimum absolute atomic E-state index is 0.0215. The van der Waals surface area contributed by atoms with Crippen molar-refractivity contribution in [3.8, 4) is 85.5 Å². The third-order valence-electron chi connectivity index (χ3n) is 23.4. The highest BCUT2D eigenvalue weighted by Crippen LogP contribution is 2.39. The quantitative estimate of drug-likeness (QED) is 0.0270. The monoisotopic (exact) mass is 2060 g/mol. The number of aliphatic hydroxyl groups is 1. The number of furan rings is 1. The number of carbonyl (C=O) groups is 1. The summed E-state index contributed by atoms with van der Waals surface area (Å²) in [5.41, 5.74) is 12.6. The van der Waals surface area contributed by atoms with Crippen LogP contribution in [0.25, 0.3) is 67.2 Å². The van der Waals surface area contributed by atoms with Gasteiger partial charge in [0, 0.05) is 84.4 Å². The summed E-state index contributed by atoms with van der Waals surface area (Å²) in [4.78, 5) is 28.1. The van der Waals surface area contributed by atoms with Gasteiger partial charge in [-0.3, -0.25) is 24.0 Å². The summed E-state index contributed by atoms with van der Waals surface area (Å²) in [6, 6.07) is 74.3. The number of aryl methyl sites for hydroxylation is 4. The van der Waals surface area contributed by atoms with E-state index in [0.717, 1.165) is 162 Å². The van der Waals surface area contributed by atoms with Crippen LogP contribution >= 0.6 is 58.4 Å². The molecule has 0 spiro atoms. The maximum atomic E-state index is 13.3. The number of amides is 1. The van der Waals surface area contributed by atoms with Gasteiger partial charge >= 0.3 is 0 Å². The molecular weight excluding hydrogens is 1950 g/mol. The Morgan fingerprint density at radius 1 is 0.655 bits per heavy atom. The molecule has 9 aromatic heterocycles. The number of methoxy groups -OCH3 is 1. The van der Waals surface area contributed by atoms with E-state index in [2.05, 4.69) is 130 Å². The van der Waals surface area contributed by atoms with Crippen LogP contribution in [0.15, 0.2) is 271 Å². The van der Waals surface area contributed by atoms with Crippen molar-refractivity contribution in [1.29, 1.82) is 5.26 Å². The number of aromatic nitrogens is 18. The zero-order valence-corrected chi connectivity index (χ0v) is 87.7. The number of nitrogens with one attached hydrogen (secondary N) is 1. The van der Waals surface area contributed by atoms with Crippen molar-refractivity contribution in [3.63, 3.8) is 0 Å². The molecule has 0 bridgehead atoms. The number of fused-ring (bicyclic) bond motifs is 1. The average Bonchev–Trinajstić information content (AvgIpc) is 1.66. The van der Waals surface area contributed by atoms with Gasteiger partial charge in [0.2, 0.25) is 31.9 Å². The molecule has 10 heterocycles. The molecule has 37 heteroatoms. The molecule has 2 fully saturated rings. The summed E-state index contributed by atoms with van der Waals surface area (Å²) in [5.74, 6) is 9.54. The molecule has 2 N–H and O–H groups in total. The molecule has 0 radical (unpaired) electrons. The number of H-pyrrole nitrogens is 1. The number of hydrogen-bond acceptors (Lipinski definition) is 30. The van der Waals surface area contributed by atoms with Gasteiger partial charge in [-0.05, 0) is 205 Å². The Bertz CT molecular complexity index is 7170. The summed E-state index contributed by atoms with van der Waals surface area (Å²) in [6.07, 6.45) is 14.1. The maximum absolute atomic E-state index is 13.3. The van der Waals surface area contributed by atoms with Gasteiger partial charge in [-0.1, -0.05) is 219 Å². The molecule has 1 aliphatic carbocycles. The summed E-state index contributed by atoms with van der Waals surface area (Å²) < 4.78 is 74.0. The molecule has 1 aliphatic heterocycles. The first-order chi connectivity index (χ1) is 70.7. The first-order valence-corrected chi connectivity index (χ1v) is 54.8. The van der Waals surface area contributed by atoms with Gasteiger partial charge in [-0.25, -0.2) is 18.1 Å². The number of aliphatic hydroxyl groups excluding tert-OH is 1. The molecule has 8 aromatic carbocycles. The Morgan fingerprint density at radius 2 is 1.39 bits per heavy atom. The van der Waals surface area contributed by atoms with E-state index >= 15 is 0 Å². The highest BCUT2D eigenvalue weighted by Gasteiger charge is 2.32. The number of thiazole rings is 1. The van der Waals surface area contributed by atoms with Crippen LogP contribution in [-0.2, 0) is 56.2 Å². The van der Waals surface area contributed by atoms with Crippen molar-refractivity contribution in [1.82, 2.24) is 94.3 Å². The van der Waals surface area contributed by atoms with Gasteiger partial charge in [0.1, 0.15) is 39.8 Å². The van der Waals surface area contributed by atoms with Gasteiger partial charge in [-0.2, -0.15) is 15.3 Å². The van der Waals surface area contributed by atoms with E-state index < -0.39 is 9.84 Å². The predicted molar refractivity (Wildman–Crippen MR) is 567 cm³/mol. The van der Waals surface area contributed by atoms with E-state index in [1.165, 1.54) is 70.5 Å². The molecule has 19 rings (SSSR count). The van der Waals surface area contributed by atoms with Crippen LogP contribution in [0.2, 0.25) is 0 Å². The summed E-state index contributed by atoms with van der Waals surface area (Å²) >= 11 is 7.54. The normalized spacial score (nSPS) is 13.5. The topological polar surface area (TPSA) is 374 Å². The minimum Gasteiger partial charge on any atom is -0.497 e. The Hall–Kier alpha value is -13.6. The lowest BCUT2D eigenvalue weighted by Gasteiger charge is -2.35. The number of benzene rings is 8. The minimum atomic E-state index is -3.74. The number of hydrogen-bond donors (Lipinski definition) is 2. The number of morpholine rings is 1. The van der Waals surface area contributed by atoms with E-state index in [1.807, 2.05) is 242 Å². The lowest BCUT2D eigenvalue weighted by Crippen LogP contribution is -2.48. The van der Waals surface area contributed by atoms with Gasteiger partial charge in [0.05, 0.1) is 72.9 Å². The van der Waals surface area contributed by atoms with E-state index in [4.69, 9.17) is 37.6 Å². The summed E-state index contributed by atoms with van der Waals surface area (Å²) in [5, 5.41) is 72.2. The molecular formula is C108H118N20O11S6. The smallest absolute Gasteiger partial charge is 0.277 e. The molecule has 145 heavy (non-hydrogen) atoms. The molecule has 2 aliphatic rings. The fourth-order valence-corrected chi connectivity index (χ4v) is 22.3. The highest BCUT2D eigenvalue weighted by molar-refractivity contribution is 8.00. The largest absolute Gasteiger partial charge is 0.497 e. The zero-order valence-electron chi connectivity index (χ0n) is 82.8. The van der Waals surface area contributed by atoms with Gasteiger partial charge < -0.3 is 47.1 Å². The van der Waals surface area contributed by atoms with Gasteiger partial charge in [0.25, 0.3) is 11.1 Å². The Kier molecular flexibility index (Phi) is 38.5. The average molecular weight is 2060 g/mol. The van der Waals surface area contributed by atoms with Crippen molar-refractivity contribution >= 4 is 84.9 Å². The predicted octanol–water partition coefficient (Wildman–Crippen LogP) is 22.7. The van der Waals surface area contributed by atoms with E-state index in [0.29, 0.717) is 102 Å². The maximum Gasteiger partial charge on any atom is 0.277 e. The van der Waals surface area contributed by atoms with Crippen LogP contribution in [0.5, 0.6) is 23.0 Å². The third-order valence-corrected chi connectivity index (χ3v) is 29.6. The van der Waals surface area contributed by atoms with Crippen LogP contribution in [0.1, 0.15) is 161 Å². The number of sulfone groups is 1. The van der Waals surface area contributed by atoms with Crippen molar-refractivity contribution in [2.24, 2.45) is 0 Å². The molecule has 17 aromatic rings. The van der Waals surface area contributed by atoms with Crippen molar-refractivity contribution in [3.05, 3.63) is 298 Å². The van der Waals surface area contributed by atoms with Crippen LogP contribution in [0.4, 0.5) is 0 Å². The third kappa shape index (κ3) is 28.8. The standard InChI is InChI=1S/C27H34N4O2S.C23H21N5O2S.C23H24N4O3S2.C23H23N3O3S.C12H16N4OS/c1-19-16-30(17-20(2)33-19)26(32)18-34-27-29-28-25(31(27)23-12-4-3-5-13-23)15-22-11-8-10-21-9-6-7-14-24(21)22;1-15-9-10-16(2)21(11-15)29-13-22-25-26-23(30-22)31-14-20-19(12-24)17(3)27-28(20)18-7-5-4-6-8-18;1-4-11-27-21(17-8-5-7-16(2)12-17)25-26-23(27)32(28,29)15-19-14-31-22(24-19)18-9-6-10-20(13-18)30-3;1-3-27-19-13-12-17(15-21(19)28-4-2)16-30-23-25-24-22(20-11-8-14-29-20)26(23)18-9-6-5-7-10-18;17-8-4-1-5-9-18-12-14-11(15-16-12)10-6-2-3-7-13-10/h6-11,14,19-20,23H,3-5,12-13,15-18H2,1-2H3;4-11H,13-14H2,1-3H3;5-10,12-14H,4,11,15H2,1-3H3;5-15H,3-4,16H2,1-2H3;2-3,6-7,17H,1,4-5,8-9H2,(H,14,15,16). The van der Waals surface area contributed by atoms with Crippen LogP contribution in [0, 0.1) is 39.0 Å². The molecule has 31 nitrogen and oxygen atoms in total. The summed E-state index contributed by atoms with van der Waals surface area (Å²) in [6.45, 7) is 21.3. The SMILES string of the molecule is CC1CN(C(=O)CSc2nnc(Cc3cccc4ccccc34)n2C2CCCCC2)CC(C)O1.CCCn1c(-c2cccc(C)c2)nnc1S(=O)(=O)Cc1csc(-c2cccc(OC)c2)n1.CCOc1ccc(CSc2nnc(-c3ccco3)n2-c2ccccc2)cc1OCC.Cc1ccc(C)c(OCc2nnc(SCc3c(C#N)c(C)nn3-c3ccccc3)o2)c1.OCCCCCSc1n[nH]c(-c2ccccn2)n1. The number of rotatable bonds is 37. The molecule has 2 atom stereocenters. The Balaban J connectivity index is 0.000000138. The lowest BCUT2D eigenvalue weighted by molar-refractivity contribution is -0.140. The number of aromatic amines is 1. The Labute approximate surface area is 865 Å². The molecule has 1 amide bonds. The van der Waals surface area contributed by atoms with E-state index in [-0.39, 0.29) is 42.2 Å². The summed E-state index contributed by atoms with van der Waals surface area (Å²) in [7, 11) is -2.13. The fourth-order valence-electron chi connectivity index (χ4n) is 16.6. The number of unbranched alkanes of at least 4 members (excludes halogenated alkanes) is 2. The van der Waals surface area contributed by atoms with Crippen molar-refractivity contribution < 1.29 is 50.8 Å². The second-order valence-corrected chi connectivity index (χ2v) is 41.1. The van der Waals surface area contributed by atoms with Crippen LogP contribution in [0.3, 0.4) is 0 Å². The number of ether oxygens (including phenoxy) is 5. The fraction of sp³-hybridized carbons (Fsp3) is 0.324. The Morgan fingerprint density at radius 3 is 2.14 bits per heavy atom. The number of thioether (sulfide) groups is 4. The highest BCUT2D eigenvalue weighted by atomic mass is 32.2. The molecule has 1 saturated heterocycles. The van der Waals surface area contributed by atoms with Crippen LogP contribution < -0.4 is 18.9 Å². The van der Waals surface area contributed by atoms with Crippen LogP contribution in [-0.4, -0.2) is 177 Å². The van der Waals surface area contributed by atoms with Gasteiger partial charge in [0.15, 0.2) is 45.8 Å². The first-order valence-electron chi connectivity index (χ1n) is 48.3.